The van der Waals surface area contributed by atoms with Crippen LogP contribution in [0.25, 0.3) is 11.1 Å². The van der Waals surface area contributed by atoms with Crippen molar-refractivity contribution < 1.29 is 18.6 Å². The third-order valence-electron chi connectivity index (χ3n) is 3.24. The van der Waals surface area contributed by atoms with Crippen molar-refractivity contribution in [2.75, 3.05) is 6.35 Å². The van der Waals surface area contributed by atoms with Gasteiger partial charge in [-0.1, -0.05) is 43.0 Å². The molecule has 0 spiro atoms. The summed E-state index contributed by atoms with van der Waals surface area (Å²) in [6.07, 6.45) is 0.735. The van der Waals surface area contributed by atoms with Crippen LogP contribution in [0.5, 0.6) is 5.75 Å². The van der Waals surface area contributed by atoms with E-state index in [9.17, 15) is 9.36 Å². The molecule has 2 aromatic carbocycles. The molecule has 1 aliphatic heterocycles. The molecule has 0 aliphatic carbocycles. The van der Waals surface area contributed by atoms with Crippen LogP contribution in [0.2, 0.25) is 0 Å². The zero-order valence-electron chi connectivity index (χ0n) is 11.2. The molecule has 0 N–H and O–H groups in total. The van der Waals surface area contributed by atoms with Crippen molar-refractivity contribution in [1.29, 1.82) is 0 Å². The number of hydrogen-bond donors (Lipinski definition) is 0. The van der Waals surface area contributed by atoms with E-state index in [1.54, 1.807) is 18.2 Å². The highest BCUT2D eigenvalue weighted by atomic mass is 31.2. The van der Waals surface area contributed by atoms with Crippen LogP contribution in [0.4, 0.5) is 0 Å². The lowest BCUT2D eigenvalue weighted by Gasteiger charge is -2.28. The Bertz CT molecular complexity index is 766. The minimum Gasteiger partial charge on any atom is -0.451 e. The fourth-order valence-corrected chi connectivity index (χ4v) is 4.22. The highest BCUT2D eigenvalue weighted by Crippen LogP contribution is 2.54. The average Bonchev–Trinajstić information content (AvgIpc) is 2.53. The number of para-hydroxylation sites is 1. The van der Waals surface area contributed by atoms with Crippen molar-refractivity contribution in [2.45, 2.75) is 0 Å². The van der Waals surface area contributed by atoms with Gasteiger partial charge in [0.25, 0.3) is 0 Å². The van der Waals surface area contributed by atoms with E-state index in [1.807, 2.05) is 30.3 Å². The molecule has 0 amide bonds. The zero-order valence-corrected chi connectivity index (χ0v) is 12.1. The van der Waals surface area contributed by atoms with Crippen molar-refractivity contribution in [1.82, 2.24) is 0 Å². The topological polar surface area (TPSA) is 52.6 Å². The Labute approximate surface area is 122 Å². The van der Waals surface area contributed by atoms with Gasteiger partial charge >= 0.3 is 13.3 Å². The molecule has 21 heavy (non-hydrogen) atoms. The van der Waals surface area contributed by atoms with Gasteiger partial charge in [-0.2, -0.15) is 0 Å². The van der Waals surface area contributed by atoms with Crippen molar-refractivity contribution in [3.63, 3.8) is 0 Å². The van der Waals surface area contributed by atoms with Crippen LogP contribution < -0.4 is 9.83 Å². The molecule has 0 bridgehead atoms. The third kappa shape index (κ3) is 2.39. The maximum atomic E-state index is 13.1. The molecule has 0 radical (unpaired) electrons. The fourth-order valence-electron chi connectivity index (χ4n) is 2.28. The molecule has 0 fully saturated rings. The van der Waals surface area contributed by atoms with Gasteiger partial charge in [0.2, 0.25) is 0 Å². The predicted molar refractivity (Wildman–Crippen MR) is 80.9 cm³/mol. The second kappa shape index (κ2) is 5.23. The molecule has 1 unspecified atom stereocenters. The largest absolute Gasteiger partial charge is 0.451 e. The Hall–Kier alpha value is -2.32. The van der Waals surface area contributed by atoms with Crippen LogP contribution in [-0.4, -0.2) is 12.3 Å². The van der Waals surface area contributed by atoms with E-state index in [0.29, 0.717) is 11.1 Å². The Balaban J connectivity index is 2.07. The van der Waals surface area contributed by atoms with Crippen molar-refractivity contribution >= 4 is 18.6 Å². The van der Waals surface area contributed by atoms with Gasteiger partial charge in [0.1, 0.15) is 5.75 Å². The SMILES string of the molecule is C=CC(=O)OCP1(=O)Oc2ccccc2-c2ccccc21. The second-order valence-corrected chi connectivity index (χ2v) is 6.84. The molecule has 1 heterocycles. The normalized spacial score (nSPS) is 18.9. The molecule has 106 valence electrons. The number of hydrogen-bond acceptors (Lipinski definition) is 4. The highest BCUT2D eigenvalue weighted by molar-refractivity contribution is 7.67. The summed E-state index contributed by atoms with van der Waals surface area (Å²) in [5, 5.41) is 0.570. The van der Waals surface area contributed by atoms with Gasteiger partial charge < -0.3 is 9.26 Å². The standard InChI is InChI=1S/C16H13O4P/c1-2-16(17)19-11-21(18)15-10-6-4-8-13(15)12-7-3-5-9-14(12)20-21/h2-10H,1,11H2. The smallest absolute Gasteiger partial charge is 0.330 e. The van der Waals surface area contributed by atoms with Gasteiger partial charge in [-0.3, -0.25) is 4.57 Å². The summed E-state index contributed by atoms with van der Waals surface area (Å²) in [6.45, 7) is 3.32. The quantitative estimate of drug-likeness (QED) is 0.495. The van der Waals surface area contributed by atoms with Crippen LogP contribution in [0.3, 0.4) is 0 Å². The lowest BCUT2D eigenvalue weighted by Crippen LogP contribution is -2.21. The van der Waals surface area contributed by atoms with E-state index < -0.39 is 13.3 Å². The van der Waals surface area contributed by atoms with E-state index in [2.05, 4.69) is 6.58 Å². The molecule has 0 saturated carbocycles. The molecule has 3 rings (SSSR count). The highest BCUT2D eigenvalue weighted by Gasteiger charge is 2.36. The van der Waals surface area contributed by atoms with E-state index in [1.165, 1.54) is 0 Å². The van der Waals surface area contributed by atoms with Gasteiger partial charge in [0, 0.05) is 11.6 Å². The second-order valence-electron chi connectivity index (χ2n) is 4.57. The molecule has 1 aliphatic rings. The summed E-state index contributed by atoms with van der Waals surface area (Å²) >= 11 is 0. The minimum absolute atomic E-state index is 0.302. The predicted octanol–water partition coefficient (Wildman–Crippen LogP) is 3.34. The summed E-state index contributed by atoms with van der Waals surface area (Å²) in [6, 6.07) is 14.7. The molecular formula is C16H13O4P. The number of esters is 1. The van der Waals surface area contributed by atoms with Gasteiger partial charge in [-0.05, 0) is 17.7 Å². The maximum absolute atomic E-state index is 13.1. The first-order valence-corrected chi connectivity index (χ1v) is 8.22. The first-order valence-electron chi connectivity index (χ1n) is 6.41. The Morgan fingerprint density at radius 3 is 2.57 bits per heavy atom. The van der Waals surface area contributed by atoms with E-state index in [-0.39, 0.29) is 6.35 Å². The molecule has 2 aromatic rings. The lowest BCUT2D eigenvalue weighted by molar-refractivity contribution is -0.135. The minimum atomic E-state index is -3.29. The van der Waals surface area contributed by atoms with Gasteiger partial charge in [-0.25, -0.2) is 4.79 Å². The van der Waals surface area contributed by atoms with E-state index in [0.717, 1.165) is 17.2 Å². The molecular weight excluding hydrogens is 287 g/mol. The van der Waals surface area contributed by atoms with E-state index >= 15 is 0 Å². The fraction of sp³-hybridized carbons (Fsp3) is 0.0625. The summed E-state index contributed by atoms with van der Waals surface area (Å²) in [5.41, 5.74) is 1.73. The first-order chi connectivity index (χ1) is 10.1. The third-order valence-corrected chi connectivity index (χ3v) is 5.32. The lowest BCUT2D eigenvalue weighted by atomic mass is 10.0. The van der Waals surface area contributed by atoms with Crippen molar-refractivity contribution in [3.8, 4) is 16.9 Å². The molecule has 4 nitrogen and oxygen atoms in total. The van der Waals surface area contributed by atoms with Gasteiger partial charge in [0.05, 0.1) is 5.30 Å². The average molecular weight is 300 g/mol. The Kier molecular flexibility index (Phi) is 3.40. The number of carbonyl (C=O) groups excluding carboxylic acids is 1. The van der Waals surface area contributed by atoms with Gasteiger partial charge in [0.15, 0.2) is 6.35 Å². The number of fused-ring (bicyclic) bond motifs is 3. The van der Waals surface area contributed by atoms with Crippen LogP contribution >= 0.6 is 7.37 Å². The van der Waals surface area contributed by atoms with Crippen LogP contribution in [-0.2, 0) is 14.1 Å². The van der Waals surface area contributed by atoms with Crippen LogP contribution in [0, 0.1) is 0 Å². The molecule has 5 heteroatoms. The summed E-state index contributed by atoms with van der Waals surface area (Å²) in [5.74, 6) is -0.0839. The summed E-state index contributed by atoms with van der Waals surface area (Å²) in [4.78, 5) is 11.2. The van der Waals surface area contributed by atoms with Crippen molar-refractivity contribution in [2.24, 2.45) is 0 Å². The van der Waals surface area contributed by atoms with Gasteiger partial charge in [-0.15, -0.1) is 0 Å². The number of carbonyl (C=O) groups is 1. The van der Waals surface area contributed by atoms with Crippen molar-refractivity contribution in [3.05, 3.63) is 61.2 Å². The number of benzene rings is 2. The summed E-state index contributed by atoms with van der Waals surface area (Å²) in [7, 11) is -3.29. The molecule has 1 atom stereocenters. The molecule has 0 saturated heterocycles. The zero-order chi connectivity index (χ0) is 14.9. The van der Waals surface area contributed by atoms with E-state index in [4.69, 9.17) is 9.26 Å². The maximum Gasteiger partial charge on any atom is 0.330 e. The van der Waals surface area contributed by atoms with Crippen LogP contribution in [0.1, 0.15) is 0 Å². The Morgan fingerprint density at radius 1 is 1.14 bits per heavy atom. The van der Waals surface area contributed by atoms with Crippen LogP contribution in [0.15, 0.2) is 61.2 Å². The first kappa shape index (κ1) is 13.7. The Morgan fingerprint density at radius 2 is 1.81 bits per heavy atom. The monoisotopic (exact) mass is 300 g/mol. The number of rotatable bonds is 3. The number of ether oxygens (including phenoxy) is 1. The molecule has 0 aromatic heterocycles. The summed E-state index contributed by atoms with van der Waals surface area (Å²) < 4.78 is 23.8.